The van der Waals surface area contributed by atoms with Crippen molar-refractivity contribution in [1.29, 1.82) is 5.26 Å². The maximum Gasteiger partial charge on any atom is 0.292 e. The number of benzene rings is 2. The predicted octanol–water partition coefficient (Wildman–Crippen LogP) is 5.16. The number of nitrogens with zero attached hydrogens (tertiary/aromatic N) is 2. The van der Waals surface area contributed by atoms with Gasteiger partial charge in [0.25, 0.3) is 8.38 Å². The second-order valence-electron chi connectivity index (χ2n) is 5.29. The zero-order chi connectivity index (χ0) is 17.3. The Morgan fingerprint density at radius 3 is 1.96 bits per heavy atom. The first-order chi connectivity index (χ1) is 12.3. The summed E-state index contributed by atoms with van der Waals surface area (Å²) in [5.41, 5.74) is 0.867. The van der Waals surface area contributed by atoms with E-state index < -0.39 is 8.38 Å². The zero-order valence-corrected chi connectivity index (χ0v) is 14.4. The molecule has 0 radical (unpaired) electrons. The van der Waals surface area contributed by atoms with E-state index in [1.807, 2.05) is 72.8 Å². The lowest BCUT2D eigenvalue weighted by Gasteiger charge is -2.20. The number of hydrogen-bond acceptors (Lipinski definition) is 4. The summed E-state index contributed by atoms with van der Waals surface area (Å²) in [5, 5.41) is 9.58. The molecule has 0 aliphatic carbocycles. The van der Waals surface area contributed by atoms with E-state index in [4.69, 9.17) is 9.05 Å². The summed E-state index contributed by atoms with van der Waals surface area (Å²) in [4.78, 5) is 4.10. The Balaban J connectivity index is 1.78. The molecule has 4 nitrogen and oxygen atoms in total. The van der Waals surface area contributed by atoms with E-state index in [1.165, 1.54) is 0 Å². The smallest absolute Gasteiger partial charge is 0.292 e. The third-order valence-electron chi connectivity index (χ3n) is 3.48. The van der Waals surface area contributed by atoms with Gasteiger partial charge in [-0.2, -0.15) is 5.26 Å². The van der Waals surface area contributed by atoms with Crippen LogP contribution in [0.4, 0.5) is 0 Å². The Hall–Kier alpha value is -2.89. The first-order valence-electron chi connectivity index (χ1n) is 7.88. The second-order valence-corrected chi connectivity index (χ2v) is 6.69. The molecular weight excluding hydrogens is 331 g/mol. The Morgan fingerprint density at radius 2 is 1.48 bits per heavy atom. The highest BCUT2D eigenvalue weighted by atomic mass is 31.2. The number of para-hydroxylation sites is 2. The van der Waals surface area contributed by atoms with Crippen LogP contribution in [0.25, 0.3) is 0 Å². The average molecular weight is 348 g/mol. The van der Waals surface area contributed by atoms with Crippen LogP contribution in [0.3, 0.4) is 0 Å². The summed E-state index contributed by atoms with van der Waals surface area (Å²) in [5.74, 6) is 1.12. The molecule has 3 aromatic rings. The van der Waals surface area contributed by atoms with Crippen LogP contribution < -0.4 is 9.05 Å². The maximum atomic E-state index is 9.58. The topological polar surface area (TPSA) is 55.1 Å². The van der Waals surface area contributed by atoms with Gasteiger partial charge in [-0.3, -0.25) is 4.98 Å². The molecule has 124 valence electrons. The number of nitriles is 1. The first kappa shape index (κ1) is 17.0. The van der Waals surface area contributed by atoms with Gasteiger partial charge < -0.3 is 9.05 Å². The molecule has 1 unspecified atom stereocenters. The van der Waals surface area contributed by atoms with Crippen molar-refractivity contribution in [2.75, 3.05) is 6.16 Å². The molecule has 1 heterocycles. The van der Waals surface area contributed by atoms with Crippen molar-refractivity contribution in [2.24, 2.45) is 0 Å². The maximum absolute atomic E-state index is 9.58. The highest BCUT2D eigenvalue weighted by Crippen LogP contribution is 2.43. The van der Waals surface area contributed by atoms with Gasteiger partial charge in [-0.25, -0.2) is 0 Å². The molecule has 25 heavy (non-hydrogen) atoms. The fourth-order valence-corrected chi connectivity index (χ4v) is 3.73. The van der Waals surface area contributed by atoms with E-state index in [-0.39, 0.29) is 5.92 Å². The van der Waals surface area contributed by atoms with Gasteiger partial charge >= 0.3 is 0 Å². The predicted molar refractivity (Wildman–Crippen MR) is 98.5 cm³/mol. The van der Waals surface area contributed by atoms with Crippen LogP contribution in [-0.2, 0) is 0 Å². The van der Waals surface area contributed by atoms with E-state index >= 15 is 0 Å². The highest BCUT2D eigenvalue weighted by molar-refractivity contribution is 7.48. The minimum Gasteiger partial charge on any atom is -0.439 e. The minimum atomic E-state index is -1.33. The van der Waals surface area contributed by atoms with Crippen LogP contribution in [-0.4, -0.2) is 11.1 Å². The summed E-state index contributed by atoms with van der Waals surface area (Å²) in [6.07, 6.45) is 3.87. The molecule has 0 aliphatic heterocycles. The molecule has 0 fully saturated rings. The lowest BCUT2D eigenvalue weighted by molar-refractivity contribution is 0.487. The molecule has 1 atom stereocenters. The Morgan fingerprint density at radius 1 is 0.880 bits per heavy atom. The number of pyridine rings is 1. The van der Waals surface area contributed by atoms with Crippen LogP contribution in [0.1, 0.15) is 11.5 Å². The lowest BCUT2D eigenvalue weighted by Crippen LogP contribution is -2.08. The van der Waals surface area contributed by atoms with Gasteiger partial charge in [-0.15, -0.1) is 0 Å². The van der Waals surface area contributed by atoms with Crippen LogP contribution in [0.5, 0.6) is 11.5 Å². The molecular formula is C20H17N2O2P. The van der Waals surface area contributed by atoms with E-state index in [9.17, 15) is 5.26 Å². The normalized spacial score (nSPS) is 11.5. The summed E-state index contributed by atoms with van der Waals surface area (Å²) in [6, 6.07) is 25.1. The van der Waals surface area contributed by atoms with Crippen molar-refractivity contribution in [3.63, 3.8) is 0 Å². The third-order valence-corrected chi connectivity index (χ3v) is 4.97. The summed E-state index contributed by atoms with van der Waals surface area (Å²) in [7, 11) is -1.33. The monoisotopic (exact) mass is 348 g/mol. The van der Waals surface area contributed by atoms with Crippen LogP contribution in [0.2, 0.25) is 0 Å². The van der Waals surface area contributed by atoms with Gasteiger partial charge in [-0.05, 0) is 35.9 Å². The second kappa shape index (κ2) is 8.82. The van der Waals surface area contributed by atoms with Crippen LogP contribution >= 0.6 is 8.38 Å². The Labute approximate surface area is 148 Å². The summed E-state index contributed by atoms with van der Waals surface area (Å²) in [6.45, 7) is 0. The largest absolute Gasteiger partial charge is 0.439 e. The molecule has 3 rings (SSSR count). The van der Waals surface area contributed by atoms with Gasteiger partial charge in [-0.1, -0.05) is 42.5 Å². The molecule has 0 saturated carbocycles. The molecule has 0 N–H and O–H groups in total. The first-order valence-corrected chi connectivity index (χ1v) is 9.24. The molecule has 0 saturated heterocycles. The summed E-state index contributed by atoms with van der Waals surface area (Å²) >= 11 is 0. The molecule has 0 amide bonds. The fraction of sp³-hybridized carbons (Fsp3) is 0.100. The van der Waals surface area contributed by atoms with Gasteiger partial charge in [0.15, 0.2) is 0 Å². The molecule has 0 spiro atoms. The van der Waals surface area contributed by atoms with Crippen molar-refractivity contribution in [3.8, 4) is 17.6 Å². The van der Waals surface area contributed by atoms with E-state index in [0.29, 0.717) is 6.16 Å². The lowest BCUT2D eigenvalue weighted by atomic mass is 10.1. The summed E-state index contributed by atoms with van der Waals surface area (Å²) < 4.78 is 12.1. The molecule has 1 aromatic heterocycles. The fourth-order valence-electron chi connectivity index (χ4n) is 2.24. The van der Waals surface area contributed by atoms with Gasteiger partial charge in [0, 0.05) is 12.4 Å². The van der Waals surface area contributed by atoms with E-state index in [2.05, 4.69) is 11.1 Å². The third kappa shape index (κ3) is 5.04. The van der Waals surface area contributed by atoms with E-state index in [0.717, 1.165) is 17.1 Å². The van der Waals surface area contributed by atoms with Crippen molar-refractivity contribution in [2.45, 2.75) is 5.92 Å². The van der Waals surface area contributed by atoms with Crippen molar-refractivity contribution < 1.29 is 9.05 Å². The van der Waals surface area contributed by atoms with E-state index in [1.54, 1.807) is 12.4 Å². The molecule has 0 aliphatic rings. The Kier molecular flexibility index (Phi) is 5.98. The standard InChI is InChI=1S/C20H17N2O2P/c21-14-18(17-8-7-13-22-15-17)16-25(23-19-9-3-1-4-10-19)24-20-11-5-2-6-12-20/h1-13,15,18H,16H2. The quantitative estimate of drug-likeness (QED) is 0.554. The van der Waals surface area contributed by atoms with Crippen molar-refractivity contribution in [3.05, 3.63) is 90.8 Å². The van der Waals surface area contributed by atoms with Gasteiger partial charge in [0.2, 0.25) is 0 Å². The van der Waals surface area contributed by atoms with Crippen LogP contribution in [0.15, 0.2) is 85.2 Å². The molecule has 5 heteroatoms. The van der Waals surface area contributed by atoms with Crippen molar-refractivity contribution in [1.82, 2.24) is 4.98 Å². The molecule has 0 bridgehead atoms. The van der Waals surface area contributed by atoms with Gasteiger partial charge in [0.1, 0.15) is 11.5 Å². The zero-order valence-electron chi connectivity index (χ0n) is 13.5. The van der Waals surface area contributed by atoms with Crippen LogP contribution in [0, 0.1) is 11.3 Å². The SMILES string of the molecule is N#CC(CP(Oc1ccccc1)Oc1ccccc1)c1cccnc1. The number of hydrogen-bond donors (Lipinski definition) is 0. The number of aromatic nitrogens is 1. The van der Waals surface area contributed by atoms with Crippen molar-refractivity contribution >= 4 is 8.38 Å². The highest BCUT2D eigenvalue weighted by Gasteiger charge is 2.23. The minimum absolute atomic E-state index is 0.341. The molecule has 2 aromatic carbocycles. The Bertz CT molecular complexity index is 766. The number of rotatable bonds is 7. The average Bonchev–Trinajstić information content (AvgIpc) is 2.68. The van der Waals surface area contributed by atoms with Gasteiger partial charge in [0.05, 0.1) is 18.1 Å².